The molecule has 0 aromatic carbocycles. The summed E-state index contributed by atoms with van der Waals surface area (Å²) in [5.74, 6) is -2.54. The molecule has 3 N–H and O–H groups in total. The van der Waals surface area contributed by atoms with Crippen LogP contribution >= 0.6 is 0 Å². The molecule has 2 atom stereocenters. The van der Waals surface area contributed by atoms with E-state index in [0.717, 1.165) is 39.1 Å². The summed E-state index contributed by atoms with van der Waals surface area (Å²) >= 11 is 0. The molecule has 0 spiro atoms. The molecule has 44 heavy (non-hydrogen) atoms. The maximum Gasteiger partial charge on any atom is 4.00 e. The van der Waals surface area contributed by atoms with Crippen LogP contribution in [0.3, 0.4) is 0 Å². The smallest absolute Gasteiger partial charge is 0.661 e. The first-order valence-electron chi connectivity index (χ1n) is 14.1. The molecular weight excluding hydrogens is 600 g/mol. The molecule has 0 aliphatic carbocycles. The van der Waals surface area contributed by atoms with Crippen LogP contribution < -0.4 is 20.7 Å². The molecule has 0 radical (unpaired) electrons. The zero-order valence-electron chi connectivity index (χ0n) is 25.1. The second kappa shape index (κ2) is 12.7. The van der Waals surface area contributed by atoms with Crippen molar-refractivity contribution >= 4 is 30.2 Å². The van der Waals surface area contributed by atoms with Crippen LogP contribution in [0.25, 0.3) is 28.9 Å². The van der Waals surface area contributed by atoms with E-state index in [0.29, 0.717) is 39.2 Å². The zero-order chi connectivity index (χ0) is 31.2. The van der Waals surface area contributed by atoms with Crippen molar-refractivity contribution in [3.8, 4) is 0 Å². The Hall–Kier alpha value is -4.40. The van der Waals surface area contributed by atoms with Crippen molar-refractivity contribution in [3.05, 3.63) is 120 Å². The first-order valence-corrected chi connectivity index (χ1v) is 14.1. The van der Waals surface area contributed by atoms with Gasteiger partial charge in [-0.1, -0.05) is 70.4 Å². The Kier molecular flexibility index (Phi) is 9.37. The van der Waals surface area contributed by atoms with Gasteiger partial charge in [0.2, 0.25) is 0 Å². The number of carboxylic acid groups (broad SMARTS) is 2. The average molecular weight is 635 g/mol. The Morgan fingerprint density at radius 3 is 2.00 bits per heavy atom. The molecule has 2 aromatic rings. The molecule has 5 heterocycles. The molecule has 5 rings (SSSR count). The molecule has 3 aliphatic heterocycles. The zero-order valence-corrected chi connectivity index (χ0v) is 26.2. The normalized spacial score (nSPS) is 22.6. The van der Waals surface area contributed by atoms with Crippen molar-refractivity contribution in [1.29, 1.82) is 0 Å². The van der Waals surface area contributed by atoms with E-state index in [9.17, 15) is 24.9 Å². The fraction of sp³-hybridized carbons (Fsp3) is 0.294. The van der Waals surface area contributed by atoms with Crippen LogP contribution in [0.15, 0.2) is 65.0 Å². The standard InChI is InChI=1S/C34H34N4O5.Fe/c1-7-21-16(2)26-14-31-34(20(6)39)19(5)27(38-31)12-24-17(3)22(8-10-32(40)41)29(36-24)15-30-23(9-11-33(42)43)18(4)25(37-30)13-28(21)35-26;/h7,12-15,21,34,39H,1,6,8-11H2,2-5H3,(H,40,41)(H,42,43);/q-4;+4/b24-12-,28-13-,29-15-,31-14-;. The number of rotatable bonds is 8. The molecule has 2 unspecified atom stereocenters. The predicted octanol–water partition coefficient (Wildman–Crippen LogP) is 4.91. The molecule has 0 saturated carbocycles. The summed E-state index contributed by atoms with van der Waals surface area (Å²) in [6, 6.07) is 0. The topological polar surface area (TPSA) is 151 Å². The number of aliphatic hydroxyl groups is 1. The first kappa shape index (κ1) is 32.5. The second-order valence-electron chi connectivity index (χ2n) is 11.2. The summed E-state index contributed by atoms with van der Waals surface area (Å²) in [4.78, 5) is 32.9. The number of aliphatic hydroxyl groups excluding tert-OH is 1. The molecule has 10 heteroatoms. The largest absolute Gasteiger partial charge is 4.00 e. The van der Waals surface area contributed by atoms with Gasteiger partial charge in [0, 0.05) is 24.7 Å². The molecule has 9 nitrogen and oxygen atoms in total. The van der Waals surface area contributed by atoms with E-state index in [-0.39, 0.29) is 54.4 Å². The molecule has 0 saturated heterocycles. The third kappa shape index (κ3) is 6.00. The Balaban J connectivity index is 0.00000442. The summed E-state index contributed by atoms with van der Waals surface area (Å²) in [5.41, 5.74) is 8.99. The molecule has 0 amide bonds. The Bertz CT molecular complexity index is 1830. The molecule has 8 bridgehead atoms. The van der Waals surface area contributed by atoms with Gasteiger partial charge in [-0.15, -0.1) is 51.5 Å². The second-order valence-corrected chi connectivity index (χ2v) is 11.2. The maximum absolute atomic E-state index is 11.5. The summed E-state index contributed by atoms with van der Waals surface area (Å²) in [7, 11) is 0. The fourth-order valence-corrected chi connectivity index (χ4v) is 6.00. The van der Waals surface area contributed by atoms with E-state index >= 15 is 0 Å². The summed E-state index contributed by atoms with van der Waals surface area (Å²) in [6.45, 7) is 15.5. The van der Waals surface area contributed by atoms with Crippen LogP contribution in [0, 0.1) is 25.7 Å². The van der Waals surface area contributed by atoms with Gasteiger partial charge in [0.25, 0.3) is 0 Å². The van der Waals surface area contributed by atoms with Crippen LogP contribution in [0.4, 0.5) is 0 Å². The minimum Gasteiger partial charge on any atom is -0.661 e. The number of aliphatic carboxylic acids is 2. The predicted molar refractivity (Wildman–Crippen MR) is 165 cm³/mol. The van der Waals surface area contributed by atoms with Gasteiger partial charge in [0.05, 0.1) is 5.76 Å². The van der Waals surface area contributed by atoms with E-state index in [2.05, 4.69) is 13.2 Å². The number of fused-ring (bicyclic) bond motifs is 8. The van der Waals surface area contributed by atoms with Crippen LogP contribution in [-0.2, 0) is 39.5 Å². The molecular formula is C34H34FeN4O5. The van der Waals surface area contributed by atoms with Gasteiger partial charge >= 0.3 is 29.0 Å². The van der Waals surface area contributed by atoms with Gasteiger partial charge in [-0.2, -0.15) is 0 Å². The first-order chi connectivity index (χ1) is 20.4. The van der Waals surface area contributed by atoms with Crippen molar-refractivity contribution in [2.45, 2.75) is 53.4 Å². The minimum atomic E-state index is -0.919. The maximum atomic E-state index is 11.5. The number of allylic oxidation sites excluding steroid dienone is 3. The number of carboxylic acids is 2. The number of carbonyl (C=O) groups is 2. The van der Waals surface area contributed by atoms with Gasteiger partial charge < -0.3 is 35.9 Å². The van der Waals surface area contributed by atoms with E-state index in [4.69, 9.17) is 20.6 Å². The quantitative estimate of drug-likeness (QED) is 0.212. The van der Waals surface area contributed by atoms with Crippen molar-refractivity contribution < 1.29 is 42.0 Å². The van der Waals surface area contributed by atoms with Crippen molar-refractivity contribution in [1.82, 2.24) is 9.97 Å². The van der Waals surface area contributed by atoms with Gasteiger partial charge in [0.1, 0.15) is 0 Å². The number of hydrogen-bond acceptors (Lipinski definition) is 3. The minimum absolute atomic E-state index is 0. The monoisotopic (exact) mass is 634 g/mol. The third-order valence-electron chi connectivity index (χ3n) is 8.46. The van der Waals surface area contributed by atoms with Gasteiger partial charge in [-0.25, -0.2) is 0 Å². The van der Waals surface area contributed by atoms with Gasteiger partial charge in [0.15, 0.2) is 0 Å². The Morgan fingerprint density at radius 2 is 1.39 bits per heavy atom. The Morgan fingerprint density at radius 1 is 0.773 bits per heavy atom. The van der Waals surface area contributed by atoms with Crippen LogP contribution in [0.2, 0.25) is 0 Å². The summed E-state index contributed by atoms with van der Waals surface area (Å²) < 4.78 is 0. The number of hydrogen-bond donors (Lipinski definition) is 3. The van der Waals surface area contributed by atoms with E-state index < -0.39 is 17.9 Å². The van der Waals surface area contributed by atoms with Crippen molar-refractivity contribution in [3.63, 3.8) is 0 Å². The molecule has 0 fully saturated rings. The average Bonchev–Trinajstić information content (AvgIpc) is 3.59. The van der Waals surface area contributed by atoms with Crippen molar-refractivity contribution in [2.24, 2.45) is 11.8 Å². The van der Waals surface area contributed by atoms with Crippen LogP contribution in [-0.4, -0.2) is 27.3 Å². The van der Waals surface area contributed by atoms with E-state index in [1.54, 1.807) is 0 Å². The number of nitrogens with zero attached hydrogens (tertiary/aromatic N) is 4. The van der Waals surface area contributed by atoms with Crippen LogP contribution in [0.5, 0.6) is 0 Å². The molecule has 2 aromatic heterocycles. The summed E-state index contributed by atoms with van der Waals surface area (Å²) in [5, 5.41) is 40.5. The Labute approximate surface area is 266 Å². The van der Waals surface area contributed by atoms with E-state index in [1.165, 1.54) is 0 Å². The van der Waals surface area contributed by atoms with Gasteiger partial charge in [-0.05, 0) is 40.5 Å². The van der Waals surface area contributed by atoms with Crippen molar-refractivity contribution in [2.75, 3.05) is 0 Å². The van der Waals surface area contributed by atoms with E-state index in [1.807, 2.05) is 58.1 Å². The third-order valence-corrected chi connectivity index (χ3v) is 8.46. The fourth-order valence-electron chi connectivity index (χ4n) is 6.00. The van der Waals surface area contributed by atoms with Gasteiger partial charge in [-0.3, -0.25) is 9.59 Å². The molecule has 3 aliphatic rings. The summed E-state index contributed by atoms with van der Waals surface area (Å²) in [6.07, 6.45) is 9.67. The number of aromatic nitrogens is 2. The SMILES string of the molecule is C=CC1C(C)=C2/C=C3\[N-]C(=C(C)C3C(=C)O)/C=c3\[n-]/c(c(CCC(=O)O)c3C)=C\c3[n-]c(c(C)c3CCC(=O)O)/C=C/1[N-]2.[Fe+4]. The van der Waals surface area contributed by atoms with Crippen LogP contribution in [0.1, 0.15) is 60.3 Å². The molecule has 228 valence electrons.